The van der Waals surface area contributed by atoms with Crippen molar-refractivity contribution >= 4 is 17.5 Å². The van der Waals surface area contributed by atoms with E-state index in [9.17, 15) is 10.2 Å². The molecule has 1 aliphatic heterocycles. The largest absolute Gasteiger partial charge is 0.395 e. The average Bonchev–Trinajstić information content (AvgIpc) is 3.32. The van der Waals surface area contributed by atoms with Gasteiger partial charge in [0.2, 0.25) is 5.95 Å². The standard InChI is InChI=1S/C26H32N6O2/c1-6-7-18-13-19(14-20-23(18)28-15-26(20,5)16-33)21-8-10-27-24(29-21)30-22-12-17(2)31-32(22)11-9-25(3,4)34/h8,10,12-14,28,33-34H,9,11,15-16H2,1-5H3,(H,27,29,30). The van der Waals surface area contributed by atoms with Gasteiger partial charge < -0.3 is 20.8 Å². The fourth-order valence-corrected chi connectivity index (χ4v) is 4.10. The maximum Gasteiger partial charge on any atom is 0.228 e. The summed E-state index contributed by atoms with van der Waals surface area (Å²) in [5.41, 5.74) is 4.29. The number of benzene rings is 1. The molecular formula is C26H32N6O2. The molecule has 1 unspecified atom stereocenters. The van der Waals surface area contributed by atoms with E-state index in [1.807, 2.05) is 43.7 Å². The number of aryl methyl sites for hydroxylation is 2. The van der Waals surface area contributed by atoms with E-state index in [0.717, 1.165) is 39.6 Å². The number of hydrogen-bond donors (Lipinski definition) is 4. The van der Waals surface area contributed by atoms with Crippen molar-refractivity contribution in [2.75, 3.05) is 23.8 Å². The van der Waals surface area contributed by atoms with Gasteiger partial charge in [-0.3, -0.25) is 0 Å². The fraction of sp³-hybridized carbons (Fsp3) is 0.423. The van der Waals surface area contributed by atoms with Crippen molar-refractivity contribution in [2.24, 2.45) is 0 Å². The molecule has 34 heavy (non-hydrogen) atoms. The molecule has 3 heterocycles. The number of nitrogens with zero attached hydrogens (tertiary/aromatic N) is 4. The summed E-state index contributed by atoms with van der Waals surface area (Å²) in [4.78, 5) is 9.16. The van der Waals surface area contributed by atoms with Crippen LogP contribution in [0.1, 0.15) is 50.9 Å². The third kappa shape index (κ3) is 4.91. The van der Waals surface area contributed by atoms with Crippen LogP contribution in [0.15, 0.2) is 30.5 Å². The second-order valence-electron chi connectivity index (χ2n) is 9.74. The van der Waals surface area contributed by atoms with Crippen molar-refractivity contribution in [3.8, 4) is 23.1 Å². The van der Waals surface area contributed by atoms with Gasteiger partial charge in [-0.2, -0.15) is 5.10 Å². The van der Waals surface area contributed by atoms with Gasteiger partial charge in [0.05, 0.1) is 29.3 Å². The number of fused-ring (bicyclic) bond motifs is 1. The molecule has 178 valence electrons. The maximum atomic E-state index is 10.1. The molecular weight excluding hydrogens is 428 g/mol. The van der Waals surface area contributed by atoms with Crippen LogP contribution in [0.2, 0.25) is 0 Å². The van der Waals surface area contributed by atoms with Crippen molar-refractivity contribution in [2.45, 2.75) is 58.6 Å². The van der Waals surface area contributed by atoms with Gasteiger partial charge >= 0.3 is 0 Å². The molecule has 0 spiro atoms. The summed E-state index contributed by atoms with van der Waals surface area (Å²) in [6.07, 6.45) is 2.29. The first kappa shape index (κ1) is 23.7. The third-order valence-corrected chi connectivity index (χ3v) is 6.08. The topological polar surface area (TPSA) is 108 Å². The Hall–Kier alpha value is -3.41. The number of aliphatic hydroxyl groups is 2. The predicted molar refractivity (Wildman–Crippen MR) is 134 cm³/mol. The van der Waals surface area contributed by atoms with Gasteiger partial charge in [-0.05, 0) is 57.9 Å². The summed E-state index contributed by atoms with van der Waals surface area (Å²) in [6, 6.07) is 7.90. The van der Waals surface area contributed by atoms with Gasteiger partial charge in [0, 0.05) is 41.9 Å². The van der Waals surface area contributed by atoms with Gasteiger partial charge in [0.1, 0.15) is 5.82 Å². The van der Waals surface area contributed by atoms with Crippen molar-refractivity contribution in [3.63, 3.8) is 0 Å². The molecule has 1 aromatic carbocycles. The Morgan fingerprint density at radius 2 is 2.09 bits per heavy atom. The smallest absolute Gasteiger partial charge is 0.228 e. The lowest BCUT2D eigenvalue weighted by Crippen LogP contribution is -2.28. The zero-order valence-electron chi connectivity index (χ0n) is 20.4. The van der Waals surface area contributed by atoms with E-state index in [1.165, 1.54) is 0 Å². The summed E-state index contributed by atoms with van der Waals surface area (Å²) in [7, 11) is 0. The number of aromatic nitrogens is 4. The van der Waals surface area contributed by atoms with Crippen LogP contribution in [-0.4, -0.2) is 48.7 Å². The first-order chi connectivity index (χ1) is 16.1. The van der Waals surface area contributed by atoms with E-state index < -0.39 is 5.60 Å². The Morgan fingerprint density at radius 3 is 2.79 bits per heavy atom. The second-order valence-corrected chi connectivity index (χ2v) is 9.74. The molecule has 0 fully saturated rings. The molecule has 4 rings (SSSR count). The molecule has 0 amide bonds. The quantitative estimate of drug-likeness (QED) is 0.399. The molecule has 2 aromatic heterocycles. The lowest BCUT2D eigenvalue weighted by Gasteiger charge is -2.21. The third-order valence-electron chi connectivity index (χ3n) is 6.08. The first-order valence-electron chi connectivity index (χ1n) is 11.5. The van der Waals surface area contributed by atoms with Crippen molar-refractivity contribution in [1.82, 2.24) is 19.7 Å². The molecule has 4 N–H and O–H groups in total. The highest BCUT2D eigenvalue weighted by molar-refractivity contribution is 5.77. The Bertz CT molecular complexity index is 1260. The van der Waals surface area contributed by atoms with E-state index in [4.69, 9.17) is 4.98 Å². The van der Waals surface area contributed by atoms with Crippen LogP contribution >= 0.6 is 0 Å². The van der Waals surface area contributed by atoms with Gasteiger partial charge in [-0.15, -0.1) is 5.92 Å². The van der Waals surface area contributed by atoms with E-state index in [2.05, 4.69) is 38.6 Å². The van der Waals surface area contributed by atoms with E-state index in [-0.39, 0.29) is 12.0 Å². The first-order valence-corrected chi connectivity index (χ1v) is 11.5. The molecule has 8 nitrogen and oxygen atoms in total. The van der Waals surface area contributed by atoms with Crippen LogP contribution in [0.3, 0.4) is 0 Å². The number of anilines is 3. The molecule has 3 aromatic rings. The van der Waals surface area contributed by atoms with E-state index in [1.54, 1.807) is 20.0 Å². The highest BCUT2D eigenvalue weighted by Gasteiger charge is 2.35. The summed E-state index contributed by atoms with van der Waals surface area (Å²) >= 11 is 0. The second kappa shape index (κ2) is 9.09. The Balaban J connectivity index is 1.68. The predicted octanol–water partition coefficient (Wildman–Crippen LogP) is 3.60. The van der Waals surface area contributed by atoms with E-state index in [0.29, 0.717) is 25.5 Å². The summed E-state index contributed by atoms with van der Waals surface area (Å²) in [5.74, 6) is 7.39. The fourth-order valence-electron chi connectivity index (χ4n) is 4.10. The van der Waals surface area contributed by atoms with Crippen molar-refractivity contribution in [1.29, 1.82) is 0 Å². The monoisotopic (exact) mass is 460 g/mol. The molecule has 0 saturated heterocycles. The van der Waals surface area contributed by atoms with Crippen LogP contribution in [0, 0.1) is 18.8 Å². The minimum atomic E-state index is -0.780. The number of nitrogens with one attached hydrogen (secondary N) is 2. The van der Waals surface area contributed by atoms with Crippen molar-refractivity contribution < 1.29 is 10.2 Å². The van der Waals surface area contributed by atoms with Crippen LogP contribution in [-0.2, 0) is 12.0 Å². The van der Waals surface area contributed by atoms with Crippen molar-refractivity contribution in [3.05, 3.63) is 47.3 Å². The SMILES string of the molecule is CC#Cc1cc(-c2ccnc(Nc3cc(C)nn3CCC(C)(C)O)n2)cc2c1NCC2(C)CO. The number of aliphatic hydroxyl groups excluding tert-OH is 1. The lowest BCUT2D eigenvalue weighted by molar-refractivity contribution is 0.0653. The zero-order valence-corrected chi connectivity index (χ0v) is 20.4. The molecule has 0 aliphatic carbocycles. The number of rotatable bonds is 7. The van der Waals surface area contributed by atoms with Gasteiger partial charge in [0.25, 0.3) is 0 Å². The van der Waals surface area contributed by atoms with Gasteiger partial charge in [-0.1, -0.05) is 12.8 Å². The molecule has 0 bridgehead atoms. The molecule has 0 radical (unpaired) electrons. The zero-order chi connectivity index (χ0) is 24.5. The minimum absolute atomic E-state index is 0.0417. The normalized spacial score (nSPS) is 17.0. The Labute approximate surface area is 200 Å². The van der Waals surface area contributed by atoms with Gasteiger partial charge in [-0.25, -0.2) is 14.6 Å². The lowest BCUT2D eigenvalue weighted by atomic mass is 9.83. The summed E-state index contributed by atoms with van der Waals surface area (Å²) in [6.45, 7) is 10.6. The highest BCUT2D eigenvalue weighted by Crippen LogP contribution is 2.41. The number of hydrogen-bond acceptors (Lipinski definition) is 7. The van der Waals surface area contributed by atoms with E-state index >= 15 is 0 Å². The Kier molecular flexibility index (Phi) is 6.34. The van der Waals surface area contributed by atoms with Crippen LogP contribution in [0.25, 0.3) is 11.3 Å². The molecule has 0 saturated carbocycles. The average molecular weight is 461 g/mol. The molecule has 1 atom stereocenters. The summed E-state index contributed by atoms with van der Waals surface area (Å²) in [5, 5.41) is 31.4. The maximum absolute atomic E-state index is 10.1. The van der Waals surface area contributed by atoms with Crippen LogP contribution < -0.4 is 10.6 Å². The molecule has 1 aliphatic rings. The van der Waals surface area contributed by atoms with Gasteiger partial charge in [0.15, 0.2) is 0 Å². The summed E-state index contributed by atoms with van der Waals surface area (Å²) < 4.78 is 1.83. The minimum Gasteiger partial charge on any atom is -0.395 e. The van der Waals surface area contributed by atoms with Crippen LogP contribution in [0.4, 0.5) is 17.5 Å². The molecule has 8 heteroatoms. The van der Waals surface area contributed by atoms with Crippen LogP contribution in [0.5, 0.6) is 0 Å². The highest BCUT2D eigenvalue weighted by atomic mass is 16.3. The Morgan fingerprint density at radius 1 is 1.29 bits per heavy atom.